The highest BCUT2D eigenvalue weighted by Gasteiger charge is 2.38. The fourth-order valence-corrected chi connectivity index (χ4v) is 3.83. The molecule has 0 aliphatic heterocycles. The minimum Gasteiger partial charge on any atom is -0.444 e. The highest BCUT2D eigenvalue weighted by Crippen LogP contribution is 2.29. The molecule has 1 aromatic carbocycles. The second-order valence-corrected chi connectivity index (χ2v) is 10.1. The van der Waals surface area contributed by atoms with Crippen molar-refractivity contribution in [3.8, 4) is 12.5 Å². The van der Waals surface area contributed by atoms with Crippen molar-refractivity contribution in [2.75, 3.05) is 0 Å². The number of ether oxygens (including phenoxy) is 1. The van der Waals surface area contributed by atoms with E-state index in [9.17, 15) is 14.4 Å². The standard InChI is InChI=1S/C27H41N3O4/c1-11-14-20(7)28-24(31)23(21-18(5)15-13-16-19(21)6)30(12-2)25(32)22(17(3)4)29-26(33)34-27(8,9)10/h2,13,15-17,20,22-23H,11,14H2,1,3-10H3,(H,28,31)(H,29,33). The van der Waals surface area contributed by atoms with Gasteiger partial charge in [0, 0.05) is 12.1 Å². The van der Waals surface area contributed by atoms with Crippen LogP contribution in [0, 0.1) is 32.2 Å². The van der Waals surface area contributed by atoms with E-state index < -0.39 is 29.7 Å². The summed E-state index contributed by atoms with van der Waals surface area (Å²) in [6.45, 7) is 16.6. The Morgan fingerprint density at radius 2 is 1.65 bits per heavy atom. The monoisotopic (exact) mass is 471 g/mol. The van der Waals surface area contributed by atoms with Gasteiger partial charge in [-0.2, -0.15) is 0 Å². The number of nitrogens with one attached hydrogen (secondary N) is 2. The Morgan fingerprint density at radius 1 is 1.09 bits per heavy atom. The fourth-order valence-electron chi connectivity index (χ4n) is 3.83. The van der Waals surface area contributed by atoms with Crippen LogP contribution in [0.4, 0.5) is 4.79 Å². The molecule has 3 atom stereocenters. The van der Waals surface area contributed by atoms with Crippen molar-refractivity contribution in [1.82, 2.24) is 15.5 Å². The lowest BCUT2D eigenvalue weighted by Crippen LogP contribution is -2.54. The Morgan fingerprint density at radius 3 is 2.09 bits per heavy atom. The van der Waals surface area contributed by atoms with Crippen LogP contribution >= 0.6 is 0 Å². The van der Waals surface area contributed by atoms with Crippen LogP contribution in [0.25, 0.3) is 0 Å². The van der Waals surface area contributed by atoms with Gasteiger partial charge >= 0.3 is 6.09 Å². The third-order valence-corrected chi connectivity index (χ3v) is 5.41. The molecule has 0 heterocycles. The maximum absolute atomic E-state index is 13.7. The van der Waals surface area contributed by atoms with Crippen molar-refractivity contribution in [2.24, 2.45) is 5.92 Å². The molecule has 0 bridgehead atoms. The van der Waals surface area contributed by atoms with Crippen LogP contribution in [-0.2, 0) is 14.3 Å². The second-order valence-electron chi connectivity index (χ2n) is 10.1. The number of terminal acetylenes is 1. The Labute approximate surface area is 205 Å². The summed E-state index contributed by atoms with van der Waals surface area (Å²) in [6, 6.07) is 5.99. The molecule has 0 aliphatic carbocycles. The summed E-state index contributed by atoms with van der Waals surface area (Å²) in [5.74, 6) is -1.20. The minimum atomic E-state index is -1.04. The van der Waals surface area contributed by atoms with E-state index in [0.717, 1.165) is 28.9 Å². The normalized spacial score (nSPS) is 13.9. The van der Waals surface area contributed by atoms with Crippen LogP contribution in [-0.4, -0.2) is 40.5 Å². The number of rotatable bonds is 9. The Kier molecular flexibility index (Phi) is 10.6. The zero-order valence-electron chi connectivity index (χ0n) is 22.1. The molecule has 3 unspecified atom stereocenters. The Bertz CT molecular complexity index is 891. The van der Waals surface area contributed by atoms with E-state index in [4.69, 9.17) is 11.2 Å². The van der Waals surface area contributed by atoms with Gasteiger partial charge in [-0.05, 0) is 70.6 Å². The van der Waals surface area contributed by atoms with Crippen molar-refractivity contribution in [3.05, 3.63) is 34.9 Å². The molecule has 2 N–H and O–H groups in total. The van der Waals surface area contributed by atoms with E-state index in [0.29, 0.717) is 5.56 Å². The first-order valence-electron chi connectivity index (χ1n) is 11.9. The summed E-state index contributed by atoms with van der Waals surface area (Å²) in [5, 5.41) is 5.65. The van der Waals surface area contributed by atoms with Crippen LogP contribution in [0.1, 0.15) is 84.0 Å². The van der Waals surface area contributed by atoms with Crippen LogP contribution < -0.4 is 10.6 Å². The number of hydrogen-bond donors (Lipinski definition) is 2. The molecule has 188 valence electrons. The fraction of sp³-hybridized carbons (Fsp3) is 0.593. The topological polar surface area (TPSA) is 87.7 Å². The number of alkyl carbamates (subject to hydrolysis) is 1. The van der Waals surface area contributed by atoms with Crippen LogP contribution in [0.5, 0.6) is 0 Å². The van der Waals surface area contributed by atoms with Crippen LogP contribution in [0.3, 0.4) is 0 Å². The largest absolute Gasteiger partial charge is 0.444 e. The van der Waals surface area contributed by atoms with Crippen LogP contribution in [0.15, 0.2) is 18.2 Å². The highest BCUT2D eigenvalue weighted by molar-refractivity contribution is 5.94. The van der Waals surface area contributed by atoms with Gasteiger partial charge in [0.25, 0.3) is 5.91 Å². The number of carbonyl (C=O) groups is 3. The van der Waals surface area contributed by atoms with E-state index >= 15 is 0 Å². The first kappa shape index (κ1) is 29.0. The molecular weight excluding hydrogens is 430 g/mol. The maximum Gasteiger partial charge on any atom is 0.408 e. The van der Waals surface area contributed by atoms with Gasteiger partial charge in [-0.1, -0.05) is 51.8 Å². The van der Waals surface area contributed by atoms with Gasteiger partial charge in [0.15, 0.2) is 0 Å². The third-order valence-electron chi connectivity index (χ3n) is 5.41. The Balaban J connectivity index is 3.46. The summed E-state index contributed by atoms with van der Waals surface area (Å²) in [6.07, 6.45) is 6.82. The predicted octanol–water partition coefficient (Wildman–Crippen LogP) is 4.62. The molecule has 0 aromatic heterocycles. The molecule has 0 spiro atoms. The average Bonchev–Trinajstić information content (AvgIpc) is 2.69. The molecule has 0 fully saturated rings. The van der Waals surface area contributed by atoms with E-state index in [1.54, 1.807) is 34.6 Å². The Hall–Kier alpha value is -3.01. The molecule has 7 heteroatoms. The lowest BCUT2D eigenvalue weighted by atomic mass is 9.93. The molecular formula is C27H41N3O4. The summed E-state index contributed by atoms with van der Waals surface area (Å²) in [4.78, 5) is 40.8. The van der Waals surface area contributed by atoms with Gasteiger partial charge in [-0.3, -0.25) is 14.5 Å². The number of aryl methyl sites for hydroxylation is 2. The van der Waals surface area contributed by atoms with E-state index in [1.165, 1.54) is 0 Å². The van der Waals surface area contributed by atoms with Gasteiger partial charge in [0.2, 0.25) is 5.91 Å². The SMILES string of the molecule is C#CN(C(=O)C(NC(=O)OC(C)(C)C)C(C)C)C(C(=O)NC(C)CCC)c1c(C)cccc1C. The number of hydrogen-bond acceptors (Lipinski definition) is 4. The van der Waals surface area contributed by atoms with Gasteiger partial charge in [0.05, 0.1) is 0 Å². The van der Waals surface area contributed by atoms with Crippen molar-refractivity contribution < 1.29 is 19.1 Å². The third kappa shape index (κ3) is 8.09. The maximum atomic E-state index is 13.7. The summed E-state index contributed by atoms with van der Waals surface area (Å²) in [7, 11) is 0. The van der Waals surface area contributed by atoms with E-state index in [1.807, 2.05) is 45.9 Å². The zero-order chi connectivity index (χ0) is 26.2. The summed E-state index contributed by atoms with van der Waals surface area (Å²) in [5.41, 5.74) is 1.64. The lowest BCUT2D eigenvalue weighted by Gasteiger charge is -2.33. The van der Waals surface area contributed by atoms with Crippen molar-refractivity contribution in [1.29, 1.82) is 0 Å². The quantitative estimate of drug-likeness (QED) is 0.406. The van der Waals surface area contributed by atoms with Gasteiger partial charge in [-0.15, -0.1) is 0 Å². The van der Waals surface area contributed by atoms with Gasteiger partial charge in [0.1, 0.15) is 17.7 Å². The second kappa shape index (κ2) is 12.5. The van der Waals surface area contributed by atoms with Crippen LogP contribution in [0.2, 0.25) is 0 Å². The van der Waals surface area contributed by atoms with E-state index in [-0.39, 0.29) is 17.9 Å². The van der Waals surface area contributed by atoms with E-state index in [2.05, 4.69) is 16.7 Å². The number of nitrogens with zero attached hydrogens (tertiary/aromatic N) is 1. The summed E-state index contributed by atoms with van der Waals surface area (Å²) < 4.78 is 5.34. The van der Waals surface area contributed by atoms with Gasteiger partial charge in [-0.25, -0.2) is 4.79 Å². The first-order valence-corrected chi connectivity index (χ1v) is 11.9. The molecule has 0 radical (unpaired) electrons. The van der Waals surface area contributed by atoms with Crippen molar-refractivity contribution >= 4 is 17.9 Å². The van der Waals surface area contributed by atoms with Crippen molar-refractivity contribution in [2.45, 2.75) is 98.9 Å². The molecule has 0 saturated carbocycles. The molecule has 1 rings (SSSR count). The zero-order valence-corrected chi connectivity index (χ0v) is 22.1. The first-order chi connectivity index (χ1) is 15.7. The summed E-state index contributed by atoms with van der Waals surface area (Å²) >= 11 is 0. The predicted molar refractivity (Wildman–Crippen MR) is 135 cm³/mol. The van der Waals surface area contributed by atoms with Crippen molar-refractivity contribution in [3.63, 3.8) is 0 Å². The average molecular weight is 472 g/mol. The molecule has 34 heavy (non-hydrogen) atoms. The smallest absolute Gasteiger partial charge is 0.408 e. The number of amides is 3. The number of carbonyl (C=O) groups excluding carboxylic acids is 3. The molecule has 0 aliphatic rings. The molecule has 0 saturated heterocycles. The minimum absolute atomic E-state index is 0.0835. The lowest BCUT2D eigenvalue weighted by molar-refractivity contribution is -0.139. The molecule has 7 nitrogen and oxygen atoms in total. The number of benzene rings is 1. The van der Waals surface area contributed by atoms with Gasteiger partial charge < -0.3 is 15.4 Å². The molecule has 3 amide bonds. The highest BCUT2D eigenvalue weighted by atomic mass is 16.6. The molecule has 1 aromatic rings.